The Bertz CT molecular complexity index is 926. The summed E-state index contributed by atoms with van der Waals surface area (Å²) >= 11 is 1.35. The van der Waals surface area contributed by atoms with Crippen LogP contribution in [0.4, 0.5) is 0 Å². The van der Waals surface area contributed by atoms with E-state index in [1.165, 1.54) is 15.9 Å². The lowest BCUT2D eigenvalue weighted by Crippen LogP contribution is -2.06. The molecule has 0 aliphatic rings. The number of thiazole rings is 1. The second-order valence-electron chi connectivity index (χ2n) is 4.75. The Morgan fingerprint density at radius 2 is 2.00 bits per heavy atom. The van der Waals surface area contributed by atoms with Gasteiger partial charge >= 0.3 is 0 Å². The van der Waals surface area contributed by atoms with Crippen molar-refractivity contribution in [3.8, 4) is 0 Å². The number of hydrogen-bond acceptors (Lipinski definition) is 7. The molecular weight excluding hydrogens is 310 g/mol. The van der Waals surface area contributed by atoms with Crippen molar-refractivity contribution in [2.45, 2.75) is 31.7 Å². The summed E-state index contributed by atoms with van der Waals surface area (Å²) in [6, 6.07) is 1.82. The first-order chi connectivity index (χ1) is 9.85. The molecule has 0 atom stereocenters. The Hall–Kier alpha value is -1.87. The highest BCUT2D eigenvalue weighted by Crippen LogP contribution is 2.19. The maximum Gasteiger partial charge on any atom is 0.269 e. The lowest BCUT2D eigenvalue weighted by atomic mass is 10.4. The van der Waals surface area contributed by atoms with Crippen LogP contribution in [-0.2, 0) is 15.6 Å². The first-order valence-electron chi connectivity index (χ1n) is 6.20. The zero-order valence-electron chi connectivity index (χ0n) is 11.7. The number of aromatic nitrogens is 5. The van der Waals surface area contributed by atoms with Crippen molar-refractivity contribution in [3.05, 3.63) is 33.5 Å². The highest BCUT2D eigenvalue weighted by molar-refractivity contribution is 7.90. The maximum atomic E-state index is 12.4. The van der Waals surface area contributed by atoms with E-state index in [0.29, 0.717) is 10.7 Å². The van der Waals surface area contributed by atoms with Crippen LogP contribution in [0.1, 0.15) is 21.3 Å². The van der Waals surface area contributed by atoms with Gasteiger partial charge in [0.1, 0.15) is 0 Å². The number of sulfone groups is 1. The van der Waals surface area contributed by atoms with Crippen LogP contribution in [0.5, 0.6) is 0 Å². The summed E-state index contributed by atoms with van der Waals surface area (Å²) in [7, 11) is -3.60. The molecule has 0 fully saturated rings. The third kappa shape index (κ3) is 2.66. The van der Waals surface area contributed by atoms with Crippen LogP contribution in [0.25, 0.3) is 5.78 Å². The molecule has 0 unspecified atom stereocenters. The molecule has 21 heavy (non-hydrogen) atoms. The summed E-state index contributed by atoms with van der Waals surface area (Å²) in [4.78, 5) is 13.0. The van der Waals surface area contributed by atoms with Crippen molar-refractivity contribution in [1.82, 2.24) is 24.6 Å². The van der Waals surface area contributed by atoms with Crippen LogP contribution in [0, 0.1) is 20.8 Å². The Kier molecular flexibility index (Phi) is 3.25. The minimum atomic E-state index is -3.60. The van der Waals surface area contributed by atoms with Crippen LogP contribution in [0.2, 0.25) is 0 Å². The van der Waals surface area contributed by atoms with Crippen molar-refractivity contribution in [2.75, 3.05) is 0 Å². The highest BCUT2D eigenvalue weighted by Gasteiger charge is 2.23. The van der Waals surface area contributed by atoms with E-state index >= 15 is 0 Å². The normalized spacial score (nSPS) is 12.1. The molecule has 0 saturated heterocycles. The van der Waals surface area contributed by atoms with Gasteiger partial charge in [0.25, 0.3) is 10.9 Å². The van der Waals surface area contributed by atoms with Crippen molar-refractivity contribution >= 4 is 27.0 Å². The van der Waals surface area contributed by atoms with Crippen LogP contribution >= 0.6 is 11.3 Å². The highest BCUT2D eigenvalue weighted by atomic mass is 32.2. The van der Waals surface area contributed by atoms with E-state index in [9.17, 15) is 8.42 Å². The number of rotatable bonds is 3. The summed E-state index contributed by atoms with van der Waals surface area (Å²) in [6.45, 7) is 5.50. The number of aryl methyl sites for hydroxylation is 3. The lowest BCUT2D eigenvalue weighted by molar-refractivity contribution is 0.586. The first-order valence-corrected chi connectivity index (χ1v) is 8.67. The largest absolute Gasteiger partial charge is 0.269 e. The van der Waals surface area contributed by atoms with E-state index in [1.807, 2.05) is 26.8 Å². The van der Waals surface area contributed by atoms with Crippen molar-refractivity contribution in [2.24, 2.45) is 0 Å². The van der Waals surface area contributed by atoms with Crippen molar-refractivity contribution in [3.63, 3.8) is 0 Å². The van der Waals surface area contributed by atoms with Gasteiger partial charge in [-0.3, -0.25) is 0 Å². The SMILES string of the molecule is Cc1cc(C)n2nc(S(=O)(=O)Cc3cnc(C)s3)nc2n1. The smallest absolute Gasteiger partial charge is 0.250 e. The molecule has 7 nitrogen and oxygen atoms in total. The fourth-order valence-electron chi connectivity index (χ4n) is 2.00. The Balaban J connectivity index is 2.04. The predicted octanol–water partition coefficient (Wildman–Crippen LogP) is 1.48. The van der Waals surface area contributed by atoms with Gasteiger partial charge in [-0.1, -0.05) is 0 Å². The molecule has 0 aliphatic carbocycles. The molecule has 9 heteroatoms. The molecule has 3 heterocycles. The molecule has 110 valence electrons. The average Bonchev–Trinajstić information content (AvgIpc) is 2.95. The van der Waals surface area contributed by atoms with E-state index in [4.69, 9.17) is 0 Å². The third-order valence-electron chi connectivity index (χ3n) is 2.88. The van der Waals surface area contributed by atoms with Crippen LogP contribution in [-0.4, -0.2) is 33.0 Å². The molecule has 0 bridgehead atoms. The van der Waals surface area contributed by atoms with E-state index in [1.54, 1.807) is 6.20 Å². The van der Waals surface area contributed by atoms with E-state index in [2.05, 4.69) is 20.1 Å². The zero-order chi connectivity index (χ0) is 15.2. The van der Waals surface area contributed by atoms with E-state index in [0.717, 1.165) is 16.4 Å². The third-order valence-corrected chi connectivity index (χ3v) is 5.39. The van der Waals surface area contributed by atoms with Gasteiger partial charge in [0, 0.05) is 22.5 Å². The maximum absolute atomic E-state index is 12.4. The van der Waals surface area contributed by atoms with Gasteiger partial charge in [-0.15, -0.1) is 16.4 Å². The predicted molar refractivity (Wildman–Crippen MR) is 78.0 cm³/mol. The summed E-state index contributed by atoms with van der Waals surface area (Å²) in [6.07, 6.45) is 1.57. The number of fused-ring (bicyclic) bond motifs is 1. The Labute approximate surface area is 125 Å². The van der Waals surface area contributed by atoms with Crippen molar-refractivity contribution in [1.29, 1.82) is 0 Å². The standard InChI is InChI=1S/C12H13N5O2S2/c1-7-4-8(2)17-11(14-7)15-12(16-17)21(18,19)6-10-5-13-9(3)20-10/h4-5H,6H2,1-3H3. The molecule has 3 aromatic rings. The summed E-state index contributed by atoms with van der Waals surface area (Å²) in [5.74, 6) is 0.152. The van der Waals surface area contributed by atoms with Crippen LogP contribution in [0.15, 0.2) is 17.4 Å². The molecule has 3 rings (SSSR count). The van der Waals surface area contributed by atoms with Gasteiger partial charge in [-0.05, 0) is 26.8 Å². The zero-order valence-corrected chi connectivity index (χ0v) is 13.4. The first kappa shape index (κ1) is 14.1. The van der Waals surface area contributed by atoms with Gasteiger partial charge in [0.15, 0.2) is 0 Å². The fraction of sp³-hybridized carbons (Fsp3) is 0.333. The minimum Gasteiger partial charge on any atom is -0.250 e. The summed E-state index contributed by atoms with van der Waals surface area (Å²) < 4.78 is 26.2. The van der Waals surface area contributed by atoms with Crippen LogP contribution < -0.4 is 0 Å². The van der Waals surface area contributed by atoms with Crippen molar-refractivity contribution < 1.29 is 8.42 Å². The second-order valence-corrected chi connectivity index (χ2v) is 7.95. The molecule has 0 aromatic carbocycles. The minimum absolute atomic E-state index is 0.145. The molecule has 0 aliphatic heterocycles. The molecule has 0 saturated carbocycles. The fourth-order valence-corrected chi connectivity index (χ4v) is 4.30. The van der Waals surface area contributed by atoms with Crippen LogP contribution in [0.3, 0.4) is 0 Å². The molecule has 0 amide bonds. The molecule has 3 aromatic heterocycles. The Morgan fingerprint density at radius 3 is 2.67 bits per heavy atom. The second kappa shape index (κ2) is 4.85. The van der Waals surface area contributed by atoms with E-state index in [-0.39, 0.29) is 10.9 Å². The monoisotopic (exact) mass is 323 g/mol. The number of nitrogens with zero attached hydrogens (tertiary/aromatic N) is 5. The molecular formula is C12H13N5O2S2. The van der Waals surface area contributed by atoms with E-state index < -0.39 is 9.84 Å². The Morgan fingerprint density at radius 1 is 1.24 bits per heavy atom. The molecule has 0 spiro atoms. The van der Waals surface area contributed by atoms with Gasteiger partial charge in [-0.25, -0.2) is 22.9 Å². The summed E-state index contributed by atoms with van der Waals surface area (Å²) in [5.41, 5.74) is 1.56. The topological polar surface area (TPSA) is 90.1 Å². The van der Waals surface area contributed by atoms with Gasteiger partial charge in [0.05, 0.1) is 10.8 Å². The molecule has 0 radical (unpaired) electrons. The van der Waals surface area contributed by atoms with Gasteiger partial charge < -0.3 is 0 Å². The van der Waals surface area contributed by atoms with Gasteiger partial charge in [0.2, 0.25) is 9.84 Å². The number of hydrogen-bond donors (Lipinski definition) is 0. The lowest BCUT2D eigenvalue weighted by Gasteiger charge is -1.97. The van der Waals surface area contributed by atoms with Gasteiger partial charge in [-0.2, -0.15) is 4.98 Å². The quantitative estimate of drug-likeness (QED) is 0.725. The summed E-state index contributed by atoms with van der Waals surface area (Å²) in [5, 5.41) is 4.70. The molecule has 0 N–H and O–H groups in total. The average molecular weight is 323 g/mol.